The zero-order valence-electron chi connectivity index (χ0n) is 8.87. The molecule has 0 amide bonds. The summed E-state index contributed by atoms with van der Waals surface area (Å²) in [6.45, 7) is 4.27. The Balaban J connectivity index is 2.01. The highest BCUT2D eigenvalue weighted by Crippen LogP contribution is 2.30. The summed E-state index contributed by atoms with van der Waals surface area (Å²) in [7, 11) is 0. The van der Waals surface area contributed by atoms with Gasteiger partial charge in [-0.1, -0.05) is 6.42 Å². The molecule has 2 fully saturated rings. The molecule has 0 aliphatic carbocycles. The lowest BCUT2D eigenvalue weighted by atomic mass is 9.87. The van der Waals surface area contributed by atoms with Gasteiger partial charge in [0.2, 0.25) is 0 Å². The first-order valence-electron chi connectivity index (χ1n) is 5.81. The number of ether oxygens (including phenoxy) is 1. The largest absolute Gasteiger partial charge is 0.394 e. The van der Waals surface area contributed by atoms with Crippen LogP contribution in [0.25, 0.3) is 0 Å². The summed E-state index contributed by atoms with van der Waals surface area (Å²) in [4.78, 5) is 2.50. The van der Waals surface area contributed by atoms with Crippen LogP contribution in [0.15, 0.2) is 0 Å². The third-order valence-electron chi connectivity index (χ3n) is 3.74. The molecule has 0 radical (unpaired) electrons. The van der Waals surface area contributed by atoms with Crippen LogP contribution in [0.1, 0.15) is 32.1 Å². The average molecular weight is 199 g/mol. The topological polar surface area (TPSA) is 32.7 Å². The molecule has 0 atom stereocenters. The minimum absolute atomic E-state index is 0.0542. The van der Waals surface area contributed by atoms with Crippen LogP contribution in [0.5, 0.6) is 0 Å². The Morgan fingerprint density at radius 1 is 1.07 bits per heavy atom. The van der Waals surface area contributed by atoms with Gasteiger partial charge in [-0.2, -0.15) is 0 Å². The molecule has 0 aromatic carbocycles. The normalized spacial score (nSPS) is 28.9. The second-order valence-corrected chi connectivity index (χ2v) is 4.54. The predicted octanol–water partition coefficient (Wildman–Crippen LogP) is 1.01. The summed E-state index contributed by atoms with van der Waals surface area (Å²) in [6.07, 6.45) is 5.95. The van der Waals surface area contributed by atoms with Crippen LogP contribution < -0.4 is 0 Å². The maximum Gasteiger partial charge on any atom is 0.0617 e. The standard InChI is InChI=1S/C11H21NO2/c13-10-11(4-8-14-9-5-11)12-6-2-1-3-7-12/h13H,1-10H2. The van der Waals surface area contributed by atoms with E-state index in [0.29, 0.717) is 6.61 Å². The molecule has 0 spiro atoms. The summed E-state index contributed by atoms with van der Waals surface area (Å²) in [6, 6.07) is 0. The summed E-state index contributed by atoms with van der Waals surface area (Å²) < 4.78 is 5.38. The van der Waals surface area contributed by atoms with Crippen molar-refractivity contribution in [3.8, 4) is 0 Å². The molecule has 2 saturated heterocycles. The highest BCUT2D eigenvalue weighted by atomic mass is 16.5. The van der Waals surface area contributed by atoms with Crippen LogP contribution in [0, 0.1) is 0 Å². The number of aliphatic hydroxyl groups is 1. The minimum Gasteiger partial charge on any atom is -0.394 e. The van der Waals surface area contributed by atoms with Crippen molar-refractivity contribution < 1.29 is 9.84 Å². The van der Waals surface area contributed by atoms with Crippen molar-refractivity contribution in [3.63, 3.8) is 0 Å². The third kappa shape index (κ3) is 1.95. The minimum atomic E-state index is 0.0542. The number of hydrogen-bond acceptors (Lipinski definition) is 3. The number of piperidine rings is 1. The van der Waals surface area contributed by atoms with E-state index in [1.54, 1.807) is 0 Å². The Morgan fingerprint density at radius 3 is 2.29 bits per heavy atom. The predicted molar refractivity (Wildman–Crippen MR) is 55.3 cm³/mol. The zero-order chi connectivity index (χ0) is 9.86. The average Bonchev–Trinajstić information content (AvgIpc) is 2.31. The van der Waals surface area contributed by atoms with E-state index >= 15 is 0 Å². The smallest absolute Gasteiger partial charge is 0.0617 e. The van der Waals surface area contributed by atoms with Crippen LogP contribution >= 0.6 is 0 Å². The van der Waals surface area contributed by atoms with Crippen LogP contribution in [-0.4, -0.2) is 48.5 Å². The molecule has 0 bridgehead atoms. The fourth-order valence-electron chi connectivity index (χ4n) is 2.69. The van der Waals surface area contributed by atoms with E-state index in [-0.39, 0.29) is 5.54 Å². The second-order valence-electron chi connectivity index (χ2n) is 4.54. The number of nitrogens with zero attached hydrogens (tertiary/aromatic N) is 1. The molecule has 82 valence electrons. The van der Waals surface area contributed by atoms with Gasteiger partial charge in [0.25, 0.3) is 0 Å². The van der Waals surface area contributed by atoms with Gasteiger partial charge in [0.15, 0.2) is 0 Å². The van der Waals surface area contributed by atoms with E-state index in [2.05, 4.69) is 4.90 Å². The van der Waals surface area contributed by atoms with Gasteiger partial charge in [-0.05, 0) is 38.8 Å². The van der Waals surface area contributed by atoms with Crippen LogP contribution in [0.4, 0.5) is 0 Å². The van der Waals surface area contributed by atoms with E-state index < -0.39 is 0 Å². The van der Waals surface area contributed by atoms with E-state index in [1.165, 1.54) is 32.4 Å². The van der Waals surface area contributed by atoms with Gasteiger partial charge in [-0.3, -0.25) is 4.90 Å². The van der Waals surface area contributed by atoms with Gasteiger partial charge in [0.1, 0.15) is 0 Å². The maximum atomic E-state index is 9.60. The van der Waals surface area contributed by atoms with Gasteiger partial charge in [-0.25, -0.2) is 0 Å². The quantitative estimate of drug-likeness (QED) is 0.720. The summed E-state index contributed by atoms with van der Waals surface area (Å²) in [5, 5.41) is 9.60. The molecular weight excluding hydrogens is 178 g/mol. The van der Waals surface area contributed by atoms with Crippen molar-refractivity contribution in [2.24, 2.45) is 0 Å². The second kappa shape index (κ2) is 4.60. The summed E-state index contributed by atoms with van der Waals surface area (Å²) >= 11 is 0. The highest BCUT2D eigenvalue weighted by Gasteiger charge is 2.38. The fourth-order valence-corrected chi connectivity index (χ4v) is 2.69. The van der Waals surface area contributed by atoms with Crippen molar-refractivity contribution in [1.82, 2.24) is 4.90 Å². The van der Waals surface area contributed by atoms with E-state index in [9.17, 15) is 5.11 Å². The van der Waals surface area contributed by atoms with Crippen LogP contribution in [0.3, 0.4) is 0 Å². The molecule has 0 aromatic heterocycles. The lowest BCUT2D eigenvalue weighted by Crippen LogP contribution is -2.56. The van der Waals surface area contributed by atoms with Crippen LogP contribution in [-0.2, 0) is 4.74 Å². The molecule has 2 aliphatic heterocycles. The van der Waals surface area contributed by atoms with Crippen molar-refractivity contribution in [2.45, 2.75) is 37.6 Å². The molecule has 2 heterocycles. The first-order valence-corrected chi connectivity index (χ1v) is 5.81. The van der Waals surface area contributed by atoms with Gasteiger partial charge in [0, 0.05) is 18.8 Å². The number of likely N-dealkylation sites (tertiary alicyclic amines) is 1. The molecule has 1 N–H and O–H groups in total. The Hall–Kier alpha value is -0.120. The fraction of sp³-hybridized carbons (Fsp3) is 1.00. The van der Waals surface area contributed by atoms with Crippen LogP contribution in [0.2, 0.25) is 0 Å². The molecule has 0 aromatic rings. The van der Waals surface area contributed by atoms with E-state index in [4.69, 9.17) is 4.74 Å². The van der Waals surface area contributed by atoms with Crippen molar-refractivity contribution in [2.75, 3.05) is 32.9 Å². The molecular formula is C11H21NO2. The molecule has 0 saturated carbocycles. The number of hydrogen-bond donors (Lipinski definition) is 1. The maximum absolute atomic E-state index is 9.60. The van der Waals surface area contributed by atoms with E-state index in [1.807, 2.05) is 0 Å². The molecule has 2 aliphatic rings. The lowest BCUT2D eigenvalue weighted by molar-refractivity contribution is -0.0629. The molecule has 14 heavy (non-hydrogen) atoms. The summed E-state index contributed by atoms with van der Waals surface area (Å²) in [5.74, 6) is 0. The molecule has 2 rings (SSSR count). The van der Waals surface area contributed by atoms with Crippen molar-refractivity contribution in [3.05, 3.63) is 0 Å². The van der Waals surface area contributed by atoms with Crippen molar-refractivity contribution in [1.29, 1.82) is 0 Å². The number of aliphatic hydroxyl groups excluding tert-OH is 1. The van der Waals surface area contributed by atoms with Gasteiger partial charge in [0.05, 0.1) is 6.61 Å². The Labute approximate surface area is 86.0 Å². The monoisotopic (exact) mass is 199 g/mol. The molecule has 3 heteroatoms. The molecule has 3 nitrogen and oxygen atoms in total. The lowest BCUT2D eigenvalue weighted by Gasteiger charge is -2.46. The Kier molecular flexibility index (Phi) is 3.42. The van der Waals surface area contributed by atoms with Gasteiger partial charge in [-0.15, -0.1) is 0 Å². The SMILES string of the molecule is OCC1(N2CCCCC2)CCOCC1. The Morgan fingerprint density at radius 2 is 1.71 bits per heavy atom. The third-order valence-corrected chi connectivity index (χ3v) is 3.74. The van der Waals surface area contributed by atoms with E-state index in [0.717, 1.165) is 26.1 Å². The zero-order valence-corrected chi connectivity index (χ0v) is 8.87. The first kappa shape index (κ1) is 10.4. The van der Waals surface area contributed by atoms with Gasteiger partial charge >= 0.3 is 0 Å². The summed E-state index contributed by atoms with van der Waals surface area (Å²) in [5.41, 5.74) is 0.0542. The number of rotatable bonds is 2. The molecule has 0 unspecified atom stereocenters. The van der Waals surface area contributed by atoms with Crippen molar-refractivity contribution >= 4 is 0 Å². The first-order chi connectivity index (χ1) is 6.87. The highest BCUT2D eigenvalue weighted by molar-refractivity contribution is 4.93. The Bertz CT molecular complexity index is 172. The van der Waals surface area contributed by atoms with Gasteiger partial charge < -0.3 is 9.84 Å².